The molecule has 26 heavy (non-hydrogen) atoms. The summed E-state index contributed by atoms with van der Waals surface area (Å²) in [5.74, 6) is -0.245. The summed E-state index contributed by atoms with van der Waals surface area (Å²) in [6.45, 7) is 2.38. The third-order valence-electron chi connectivity index (χ3n) is 4.61. The monoisotopic (exact) mass is 371 g/mol. The van der Waals surface area contributed by atoms with Crippen LogP contribution in [-0.4, -0.2) is 41.9 Å². The smallest absolute Gasteiger partial charge is 0.227 e. The van der Waals surface area contributed by atoms with Crippen molar-refractivity contribution in [2.75, 3.05) is 26.2 Å². The molecule has 0 bridgehead atoms. The van der Waals surface area contributed by atoms with Crippen molar-refractivity contribution in [3.05, 3.63) is 70.5 Å². The van der Waals surface area contributed by atoms with Gasteiger partial charge >= 0.3 is 0 Å². The van der Waals surface area contributed by atoms with Crippen LogP contribution in [0.5, 0.6) is 0 Å². The molecule has 1 saturated heterocycles. The van der Waals surface area contributed by atoms with Crippen LogP contribution in [-0.2, 0) is 11.2 Å². The molecule has 1 atom stereocenters. The van der Waals surface area contributed by atoms with Crippen molar-refractivity contribution in [2.24, 2.45) is 0 Å². The first-order valence-corrected chi connectivity index (χ1v) is 8.86. The van der Waals surface area contributed by atoms with Crippen LogP contribution in [0.25, 0.3) is 0 Å². The standard InChI is InChI=1S/C20H19ClFN3O/c21-17-5-1-15(2-6-17)13-20(26)25-11-9-24(10-12-25)19(14-23)16-3-7-18(22)8-4-16/h1-8,19H,9-13H2. The zero-order valence-corrected chi connectivity index (χ0v) is 15.0. The molecule has 0 aromatic heterocycles. The first-order chi connectivity index (χ1) is 12.6. The van der Waals surface area contributed by atoms with E-state index in [2.05, 4.69) is 6.07 Å². The lowest BCUT2D eigenvalue weighted by Gasteiger charge is -2.37. The highest BCUT2D eigenvalue weighted by Crippen LogP contribution is 2.22. The Morgan fingerprint density at radius 3 is 2.27 bits per heavy atom. The van der Waals surface area contributed by atoms with Crippen molar-refractivity contribution >= 4 is 17.5 Å². The number of nitriles is 1. The normalized spacial score (nSPS) is 16.1. The predicted octanol–water partition coefficient (Wildman–Crippen LogP) is 3.43. The summed E-state index contributed by atoms with van der Waals surface area (Å²) in [5, 5.41) is 10.2. The highest BCUT2D eigenvalue weighted by atomic mass is 35.5. The SMILES string of the molecule is N#CC(c1ccc(F)cc1)N1CCN(C(=O)Cc2ccc(Cl)cc2)CC1. The van der Waals surface area contributed by atoms with Crippen LogP contribution in [0.15, 0.2) is 48.5 Å². The van der Waals surface area contributed by atoms with Crippen molar-refractivity contribution in [3.8, 4) is 6.07 Å². The molecular weight excluding hydrogens is 353 g/mol. The van der Waals surface area contributed by atoms with Crippen molar-refractivity contribution < 1.29 is 9.18 Å². The summed E-state index contributed by atoms with van der Waals surface area (Å²) in [4.78, 5) is 16.3. The summed E-state index contributed by atoms with van der Waals surface area (Å²) < 4.78 is 13.1. The largest absolute Gasteiger partial charge is 0.340 e. The lowest BCUT2D eigenvalue weighted by atomic mass is 10.1. The Labute approximate surface area is 157 Å². The van der Waals surface area contributed by atoms with Crippen molar-refractivity contribution in [1.29, 1.82) is 5.26 Å². The Kier molecular flexibility index (Phi) is 5.87. The van der Waals surface area contributed by atoms with E-state index in [9.17, 15) is 14.4 Å². The van der Waals surface area contributed by atoms with Crippen LogP contribution in [0.2, 0.25) is 5.02 Å². The molecule has 0 spiro atoms. The maximum atomic E-state index is 13.1. The van der Waals surface area contributed by atoms with E-state index in [1.54, 1.807) is 24.3 Å². The van der Waals surface area contributed by atoms with Crippen LogP contribution in [0.4, 0.5) is 4.39 Å². The van der Waals surface area contributed by atoms with Gasteiger partial charge < -0.3 is 4.90 Å². The van der Waals surface area contributed by atoms with E-state index in [1.807, 2.05) is 21.9 Å². The van der Waals surface area contributed by atoms with Gasteiger partial charge in [-0.05, 0) is 35.4 Å². The van der Waals surface area contributed by atoms with Crippen molar-refractivity contribution in [3.63, 3.8) is 0 Å². The van der Waals surface area contributed by atoms with E-state index >= 15 is 0 Å². The Morgan fingerprint density at radius 2 is 1.69 bits per heavy atom. The lowest BCUT2D eigenvalue weighted by Crippen LogP contribution is -2.49. The number of halogens is 2. The average Bonchev–Trinajstić information content (AvgIpc) is 2.66. The Hall–Kier alpha value is -2.42. The minimum atomic E-state index is -0.427. The Bertz CT molecular complexity index is 793. The van der Waals surface area contributed by atoms with Crippen LogP contribution in [0.1, 0.15) is 17.2 Å². The number of rotatable bonds is 4. The molecule has 0 aliphatic carbocycles. The van der Waals surface area contributed by atoms with Crippen molar-refractivity contribution in [1.82, 2.24) is 9.80 Å². The van der Waals surface area contributed by atoms with Gasteiger partial charge in [0.05, 0.1) is 12.5 Å². The summed E-state index contributed by atoms with van der Waals surface area (Å²) >= 11 is 5.87. The number of carbonyl (C=O) groups is 1. The fourth-order valence-corrected chi connectivity index (χ4v) is 3.26. The summed E-state index contributed by atoms with van der Waals surface area (Å²) in [7, 11) is 0. The molecule has 2 aromatic rings. The molecule has 134 valence electrons. The van der Waals surface area contributed by atoms with Gasteiger partial charge in [-0.15, -0.1) is 0 Å². The number of nitrogens with zero attached hydrogens (tertiary/aromatic N) is 3. The van der Waals surface area contributed by atoms with Gasteiger partial charge in [-0.3, -0.25) is 9.69 Å². The topological polar surface area (TPSA) is 47.3 Å². The molecule has 1 unspecified atom stereocenters. The molecule has 1 aliphatic rings. The molecule has 6 heteroatoms. The second kappa shape index (κ2) is 8.31. The van der Waals surface area contributed by atoms with E-state index in [0.29, 0.717) is 37.6 Å². The molecule has 2 aromatic carbocycles. The second-order valence-electron chi connectivity index (χ2n) is 6.30. The molecule has 1 heterocycles. The minimum Gasteiger partial charge on any atom is -0.340 e. The third kappa shape index (κ3) is 4.40. The number of hydrogen-bond acceptors (Lipinski definition) is 3. The molecule has 4 nitrogen and oxygen atoms in total. The quantitative estimate of drug-likeness (QED) is 0.827. The fourth-order valence-electron chi connectivity index (χ4n) is 3.13. The van der Waals surface area contributed by atoms with Crippen LogP contribution in [0, 0.1) is 17.1 Å². The zero-order valence-electron chi connectivity index (χ0n) is 14.2. The van der Waals surface area contributed by atoms with Crippen LogP contribution >= 0.6 is 11.6 Å². The molecule has 1 aliphatic heterocycles. The van der Waals surface area contributed by atoms with Gasteiger partial charge in [0.25, 0.3) is 0 Å². The Balaban J connectivity index is 1.57. The summed E-state index contributed by atoms with van der Waals surface area (Å²) in [6, 6.07) is 15.1. The third-order valence-corrected chi connectivity index (χ3v) is 4.86. The van der Waals surface area contributed by atoms with E-state index in [0.717, 1.165) is 11.1 Å². The van der Waals surface area contributed by atoms with Crippen molar-refractivity contribution in [2.45, 2.75) is 12.5 Å². The first-order valence-electron chi connectivity index (χ1n) is 8.48. The molecular formula is C20H19ClFN3O. The minimum absolute atomic E-state index is 0.0715. The number of carbonyl (C=O) groups excluding carboxylic acids is 1. The zero-order chi connectivity index (χ0) is 18.5. The van der Waals surface area contributed by atoms with E-state index in [-0.39, 0.29) is 11.7 Å². The number of amides is 1. The molecule has 0 saturated carbocycles. The maximum Gasteiger partial charge on any atom is 0.227 e. The average molecular weight is 372 g/mol. The highest BCUT2D eigenvalue weighted by molar-refractivity contribution is 6.30. The van der Waals surface area contributed by atoms with Gasteiger partial charge in [-0.2, -0.15) is 5.26 Å². The number of benzene rings is 2. The fraction of sp³-hybridized carbons (Fsp3) is 0.300. The molecule has 0 N–H and O–H groups in total. The number of piperazine rings is 1. The lowest BCUT2D eigenvalue weighted by molar-refractivity contribution is -0.132. The van der Waals surface area contributed by atoms with E-state index < -0.39 is 6.04 Å². The van der Waals surface area contributed by atoms with Crippen LogP contribution < -0.4 is 0 Å². The van der Waals surface area contributed by atoms with Gasteiger partial charge in [0.2, 0.25) is 5.91 Å². The molecule has 3 rings (SSSR count). The maximum absolute atomic E-state index is 13.1. The van der Waals surface area contributed by atoms with Crippen LogP contribution in [0.3, 0.4) is 0 Å². The second-order valence-corrected chi connectivity index (χ2v) is 6.74. The Morgan fingerprint density at radius 1 is 1.08 bits per heavy atom. The predicted molar refractivity (Wildman–Crippen MR) is 98.1 cm³/mol. The van der Waals surface area contributed by atoms with E-state index in [1.165, 1.54) is 12.1 Å². The number of hydrogen-bond donors (Lipinski definition) is 0. The molecule has 1 amide bonds. The van der Waals surface area contributed by atoms with E-state index in [4.69, 9.17) is 11.6 Å². The first kappa shape index (κ1) is 18.4. The molecule has 0 radical (unpaired) electrons. The summed E-state index contributed by atoms with van der Waals surface area (Å²) in [6.07, 6.45) is 0.344. The van der Waals surface area contributed by atoms with Gasteiger partial charge in [-0.1, -0.05) is 35.9 Å². The van der Waals surface area contributed by atoms with Gasteiger partial charge in [-0.25, -0.2) is 4.39 Å². The molecule has 1 fully saturated rings. The van der Waals surface area contributed by atoms with Gasteiger partial charge in [0.1, 0.15) is 11.9 Å². The highest BCUT2D eigenvalue weighted by Gasteiger charge is 2.27. The van der Waals surface area contributed by atoms with Gasteiger partial charge in [0.15, 0.2) is 0 Å². The summed E-state index contributed by atoms with van der Waals surface area (Å²) in [5.41, 5.74) is 1.71. The van der Waals surface area contributed by atoms with Gasteiger partial charge in [0, 0.05) is 31.2 Å².